The average Bonchev–Trinajstić information content (AvgIpc) is 2.90. The third-order valence-electron chi connectivity index (χ3n) is 2.58. The van der Waals surface area contributed by atoms with Crippen LogP contribution in [0.5, 0.6) is 0 Å². The van der Waals surface area contributed by atoms with Crippen LogP contribution in [0.1, 0.15) is 26.4 Å². The first-order valence-electron chi connectivity index (χ1n) is 5.54. The monoisotopic (exact) mass is 260 g/mol. The lowest BCUT2D eigenvalue weighted by atomic mass is 10.2. The smallest absolute Gasteiger partial charge is 0.337 e. The number of carboxylic acids is 1. The van der Waals surface area contributed by atoms with Gasteiger partial charge < -0.3 is 14.4 Å². The van der Waals surface area contributed by atoms with Crippen LogP contribution in [-0.2, 0) is 6.54 Å². The Labute approximate surface area is 109 Å². The summed E-state index contributed by atoms with van der Waals surface area (Å²) in [6.45, 7) is 0.400. The summed E-state index contributed by atoms with van der Waals surface area (Å²) in [7, 11) is 1.64. The Morgan fingerprint density at radius 2 is 2.16 bits per heavy atom. The lowest BCUT2D eigenvalue weighted by Crippen LogP contribution is -2.26. The van der Waals surface area contributed by atoms with Crippen LogP contribution in [0.25, 0.3) is 0 Å². The molecular weight excluding hydrogens is 248 g/mol. The van der Waals surface area contributed by atoms with Gasteiger partial charge in [-0.3, -0.25) is 9.78 Å². The van der Waals surface area contributed by atoms with Crippen molar-refractivity contribution < 1.29 is 19.1 Å². The Morgan fingerprint density at radius 1 is 1.37 bits per heavy atom. The summed E-state index contributed by atoms with van der Waals surface area (Å²) in [5.41, 5.74) is 1.13. The maximum atomic E-state index is 12.0. The highest BCUT2D eigenvalue weighted by molar-refractivity contribution is 5.93. The third kappa shape index (κ3) is 2.98. The van der Waals surface area contributed by atoms with E-state index in [-0.39, 0.29) is 17.2 Å². The van der Waals surface area contributed by atoms with E-state index in [0.717, 1.165) is 5.56 Å². The van der Waals surface area contributed by atoms with Crippen LogP contribution in [0.4, 0.5) is 0 Å². The summed E-state index contributed by atoms with van der Waals surface area (Å²) >= 11 is 0. The Bertz CT molecular complexity index is 575. The number of hydrogen-bond acceptors (Lipinski definition) is 4. The number of nitrogens with zero attached hydrogens (tertiary/aromatic N) is 2. The minimum atomic E-state index is -1.07. The van der Waals surface area contributed by atoms with Crippen molar-refractivity contribution in [1.29, 1.82) is 0 Å². The van der Waals surface area contributed by atoms with Gasteiger partial charge in [-0.2, -0.15) is 0 Å². The zero-order chi connectivity index (χ0) is 13.8. The van der Waals surface area contributed by atoms with Crippen LogP contribution in [0.3, 0.4) is 0 Å². The predicted octanol–water partition coefficient (Wildman–Crippen LogP) is 1.65. The highest BCUT2D eigenvalue weighted by Crippen LogP contribution is 2.08. The predicted molar refractivity (Wildman–Crippen MR) is 65.7 cm³/mol. The van der Waals surface area contributed by atoms with E-state index in [1.54, 1.807) is 19.4 Å². The maximum absolute atomic E-state index is 12.0. The second-order valence-corrected chi connectivity index (χ2v) is 4.03. The fourth-order valence-electron chi connectivity index (χ4n) is 1.57. The first-order valence-corrected chi connectivity index (χ1v) is 5.54. The standard InChI is InChI=1S/C13H12N2O4/c1-15(7-9-4-5-19-8-9)12(16)11-3-2-10(6-14-11)13(17)18/h2-6,8H,7H2,1H3,(H,17,18). The number of aromatic nitrogens is 1. The number of aromatic carboxylic acids is 1. The normalized spacial score (nSPS) is 10.2. The van der Waals surface area contributed by atoms with E-state index >= 15 is 0 Å². The quantitative estimate of drug-likeness (QED) is 0.903. The first-order chi connectivity index (χ1) is 9.08. The molecule has 0 saturated heterocycles. The van der Waals surface area contributed by atoms with Crippen LogP contribution in [0, 0.1) is 0 Å². The van der Waals surface area contributed by atoms with Gasteiger partial charge in [-0.15, -0.1) is 0 Å². The summed E-state index contributed by atoms with van der Waals surface area (Å²) in [5, 5.41) is 8.75. The Balaban J connectivity index is 2.08. The van der Waals surface area contributed by atoms with Crippen molar-refractivity contribution in [1.82, 2.24) is 9.88 Å². The number of pyridine rings is 1. The highest BCUT2D eigenvalue weighted by atomic mass is 16.4. The topological polar surface area (TPSA) is 83.6 Å². The van der Waals surface area contributed by atoms with Gasteiger partial charge in [0, 0.05) is 25.4 Å². The van der Waals surface area contributed by atoms with E-state index in [1.165, 1.54) is 29.5 Å². The molecule has 0 bridgehead atoms. The number of hydrogen-bond donors (Lipinski definition) is 1. The highest BCUT2D eigenvalue weighted by Gasteiger charge is 2.14. The van der Waals surface area contributed by atoms with Gasteiger partial charge in [0.1, 0.15) is 5.69 Å². The van der Waals surface area contributed by atoms with Gasteiger partial charge in [0.15, 0.2) is 0 Å². The fourth-order valence-corrected chi connectivity index (χ4v) is 1.57. The molecule has 2 heterocycles. The molecule has 2 aromatic heterocycles. The molecule has 0 saturated carbocycles. The number of amides is 1. The van der Waals surface area contributed by atoms with Crippen LogP contribution < -0.4 is 0 Å². The molecule has 0 aromatic carbocycles. The minimum absolute atomic E-state index is 0.0500. The molecule has 0 aliphatic carbocycles. The number of rotatable bonds is 4. The second kappa shape index (κ2) is 5.34. The lowest BCUT2D eigenvalue weighted by molar-refractivity contribution is 0.0694. The molecule has 0 spiro atoms. The molecule has 0 atom stereocenters. The average molecular weight is 260 g/mol. The molecule has 2 rings (SSSR count). The molecular formula is C13H12N2O4. The molecule has 1 N–H and O–H groups in total. The molecule has 0 aliphatic heterocycles. The third-order valence-corrected chi connectivity index (χ3v) is 2.58. The number of carbonyl (C=O) groups is 2. The molecule has 0 fully saturated rings. The molecule has 19 heavy (non-hydrogen) atoms. The van der Waals surface area contributed by atoms with Gasteiger partial charge in [0.25, 0.3) is 5.91 Å². The van der Waals surface area contributed by atoms with E-state index in [2.05, 4.69) is 4.98 Å². The Kier molecular flexibility index (Phi) is 3.61. The second-order valence-electron chi connectivity index (χ2n) is 4.03. The Morgan fingerprint density at radius 3 is 2.68 bits per heavy atom. The van der Waals surface area contributed by atoms with Gasteiger partial charge in [-0.05, 0) is 18.2 Å². The molecule has 6 heteroatoms. The van der Waals surface area contributed by atoms with Crippen molar-refractivity contribution in [3.63, 3.8) is 0 Å². The zero-order valence-corrected chi connectivity index (χ0v) is 10.2. The van der Waals surface area contributed by atoms with Gasteiger partial charge in [-0.25, -0.2) is 4.79 Å². The van der Waals surface area contributed by atoms with E-state index in [4.69, 9.17) is 9.52 Å². The lowest BCUT2D eigenvalue weighted by Gasteiger charge is -2.15. The summed E-state index contributed by atoms with van der Waals surface area (Å²) in [5.74, 6) is -1.35. The van der Waals surface area contributed by atoms with E-state index in [0.29, 0.717) is 6.54 Å². The first kappa shape index (κ1) is 12.8. The van der Waals surface area contributed by atoms with Crippen molar-refractivity contribution in [2.24, 2.45) is 0 Å². The van der Waals surface area contributed by atoms with Gasteiger partial charge in [-0.1, -0.05) is 0 Å². The number of carbonyl (C=O) groups excluding carboxylic acids is 1. The fraction of sp³-hybridized carbons (Fsp3) is 0.154. The van der Waals surface area contributed by atoms with E-state index in [1.807, 2.05) is 0 Å². The van der Waals surface area contributed by atoms with Gasteiger partial charge in [0.2, 0.25) is 0 Å². The van der Waals surface area contributed by atoms with Crippen LogP contribution in [0.15, 0.2) is 41.3 Å². The van der Waals surface area contributed by atoms with Crippen molar-refractivity contribution in [2.45, 2.75) is 6.54 Å². The van der Waals surface area contributed by atoms with Crippen molar-refractivity contribution in [3.8, 4) is 0 Å². The van der Waals surface area contributed by atoms with Crippen LogP contribution in [-0.4, -0.2) is 33.9 Å². The molecule has 98 valence electrons. The number of furan rings is 1. The van der Waals surface area contributed by atoms with Crippen molar-refractivity contribution >= 4 is 11.9 Å². The summed E-state index contributed by atoms with van der Waals surface area (Å²) in [4.78, 5) is 28.1. The molecule has 2 aromatic rings. The van der Waals surface area contributed by atoms with Crippen molar-refractivity contribution in [2.75, 3.05) is 7.05 Å². The molecule has 0 unspecified atom stereocenters. The SMILES string of the molecule is CN(Cc1ccoc1)C(=O)c1ccc(C(=O)O)cn1. The number of carboxylic acid groups (broad SMARTS) is 1. The summed E-state index contributed by atoms with van der Waals surface area (Å²) < 4.78 is 4.92. The van der Waals surface area contributed by atoms with Crippen LogP contribution in [0.2, 0.25) is 0 Å². The van der Waals surface area contributed by atoms with Gasteiger partial charge >= 0.3 is 5.97 Å². The molecule has 1 amide bonds. The van der Waals surface area contributed by atoms with Crippen LogP contribution >= 0.6 is 0 Å². The largest absolute Gasteiger partial charge is 0.478 e. The minimum Gasteiger partial charge on any atom is -0.478 e. The molecule has 6 nitrogen and oxygen atoms in total. The van der Waals surface area contributed by atoms with Crippen molar-refractivity contribution in [3.05, 3.63) is 53.7 Å². The summed E-state index contributed by atoms with van der Waals surface area (Å²) in [6.07, 6.45) is 4.26. The Hall–Kier alpha value is -2.63. The van der Waals surface area contributed by atoms with E-state index < -0.39 is 5.97 Å². The van der Waals surface area contributed by atoms with E-state index in [9.17, 15) is 9.59 Å². The zero-order valence-electron chi connectivity index (χ0n) is 10.2. The summed E-state index contributed by atoms with van der Waals surface area (Å²) in [6, 6.07) is 4.52. The molecule has 0 radical (unpaired) electrons. The van der Waals surface area contributed by atoms with Gasteiger partial charge in [0.05, 0.1) is 18.1 Å². The maximum Gasteiger partial charge on any atom is 0.337 e. The molecule has 0 aliphatic rings.